The molecule has 1 heterocycles. The van der Waals surface area contributed by atoms with Gasteiger partial charge >= 0.3 is 0 Å². The van der Waals surface area contributed by atoms with E-state index in [4.69, 9.17) is 0 Å². The van der Waals surface area contributed by atoms with Gasteiger partial charge in [0.25, 0.3) is 15.9 Å². The SMILES string of the molecule is Cc1ccc(S(=O)(=O)Nc2ccc(NC(=O)c3cnn(-c4ccccc4)c3)cc2)cc1. The summed E-state index contributed by atoms with van der Waals surface area (Å²) in [6.45, 7) is 1.89. The third kappa shape index (κ3) is 4.81. The average molecular weight is 433 g/mol. The Morgan fingerprint density at radius 3 is 2.19 bits per heavy atom. The molecule has 8 heteroatoms. The molecular formula is C23H20N4O3S. The number of rotatable bonds is 6. The Morgan fingerprint density at radius 1 is 0.871 bits per heavy atom. The number of amides is 1. The van der Waals surface area contributed by atoms with Crippen LogP contribution in [0.2, 0.25) is 0 Å². The largest absolute Gasteiger partial charge is 0.322 e. The van der Waals surface area contributed by atoms with Crippen LogP contribution in [0.25, 0.3) is 5.69 Å². The van der Waals surface area contributed by atoms with E-state index < -0.39 is 10.0 Å². The third-order valence-corrected chi connectivity index (χ3v) is 5.99. The maximum atomic E-state index is 12.5. The molecule has 7 nitrogen and oxygen atoms in total. The van der Waals surface area contributed by atoms with Crippen LogP contribution in [0.1, 0.15) is 15.9 Å². The van der Waals surface area contributed by atoms with E-state index in [1.54, 1.807) is 59.4 Å². The summed E-state index contributed by atoms with van der Waals surface area (Å²) < 4.78 is 29.1. The minimum atomic E-state index is -3.68. The first-order valence-electron chi connectivity index (χ1n) is 9.52. The summed E-state index contributed by atoms with van der Waals surface area (Å²) in [4.78, 5) is 12.7. The monoisotopic (exact) mass is 432 g/mol. The van der Waals surface area contributed by atoms with Gasteiger partial charge in [-0.3, -0.25) is 9.52 Å². The number of hydrogen-bond donors (Lipinski definition) is 2. The van der Waals surface area contributed by atoms with E-state index in [9.17, 15) is 13.2 Å². The number of carbonyl (C=O) groups excluding carboxylic acids is 1. The highest BCUT2D eigenvalue weighted by atomic mass is 32.2. The molecule has 156 valence electrons. The predicted octanol–water partition coefficient (Wildman–Crippen LogP) is 4.23. The molecule has 0 unspecified atom stereocenters. The first kappa shape index (κ1) is 20.4. The number of sulfonamides is 1. The number of nitrogens with one attached hydrogen (secondary N) is 2. The predicted molar refractivity (Wildman–Crippen MR) is 120 cm³/mol. The number of anilines is 2. The van der Waals surface area contributed by atoms with Crippen LogP contribution < -0.4 is 10.0 Å². The fourth-order valence-electron chi connectivity index (χ4n) is 2.92. The Hall–Kier alpha value is -3.91. The van der Waals surface area contributed by atoms with Crippen LogP contribution in [-0.4, -0.2) is 24.1 Å². The van der Waals surface area contributed by atoms with Crippen LogP contribution in [0.3, 0.4) is 0 Å². The van der Waals surface area contributed by atoms with Crippen LogP contribution in [0, 0.1) is 6.92 Å². The van der Waals surface area contributed by atoms with Gasteiger partial charge in [0, 0.05) is 17.6 Å². The number of aromatic nitrogens is 2. The second kappa shape index (κ2) is 8.45. The van der Waals surface area contributed by atoms with Crippen molar-refractivity contribution >= 4 is 27.3 Å². The van der Waals surface area contributed by atoms with Gasteiger partial charge in [-0.05, 0) is 55.5 Å². The molecule has 0 saturated carbocycles. The Morgan fingerprint density at radius 2 is 1.52 bits per heavy atom. The minimum absolute atomic E-state index is 0.186. The molecule has 0 aliphatic carbocycles. The van der Waals surface area contributed by atoms with Crippen LogP contribution in [0.5, 0.6) is 0 Å². The van der Waals surface area contributed by atoms with E-state index >= 15 is 0 Å². The molecule has 4 rings (SSSR count). The number of nitrogens with zero attached hydrogens (tertiary/aromatic N) is 2. The van der Waals surface area contributed by atoms with Gasteiger partial charge < -0.3 is 5.32 Å². The number of benzene rings is 3. The molecule has 0 aliphatic heterocycles. The summed E-state index contributed by atoms with van der Waals surface area (Å²) in [5.41, 5.74) is 3.18. The summed E-state index contributed by atoms with van der Waals surface area (Å²) >= 11 is 0. The summed E-state index contributed by atoms with van der Waals surface area (Å²) in [7, 11) is -3.68. The van der Waals surface area contributed by atoms with Crippen molar-refractivity contribution in [3.63, 3.8) is 0 Å². The van der Waals surface area contributed by atoms with Crippen LogP contribution in [-0.2, 0) is 10.0 Å². The highest BCUT2D eigenvalue weighted by Gasteiger charge is 2.14. The van der Waals surface area contributed by atoms with Gasteiger partial charge in [-0.15, -0.1) is 0 Å². The Kier molecular flexibility index (Phi) is 5.55. The lowest BCUT2D eigenvalue weighted by molar-refractivity contribution is 0.102. The quantitative estimate of drug-likeness (QED) is 0.477. The zero-order valence-corrected chi connectivity index (χ0v) is 17.5. The smallest absolute Gasteiger partial charge is 0.261 e. The Labute approximate surface area is 180 Å². The van der Waals surface area contributed by atoms with Gasteiger partial charge in [0.05, 0.1) is 22.3 Å². The van der Waals surface area contributed by atoms with Gasteiger partial charge in [-0.25, -0.2) is 13.1 Å². The molecule has 0 atom stereocenters. The van der Waals surface area contributed by atoms with Gasteiger partial charge in [-0.2, -0.15) is 5.10 Å². The second-order valence-corrected chi connectivity index (χ2v) is 8.64. The van der Waals surface area contributed by atoms with E-state index in [-0.39, 0.29) is 10.8 Å². The lowest BCUT2D eigenvalue weighted by Crippen LogP contribution is -2.13. The van der Waals surface area contributed by atoms with E-state index in [0.717, 1.165) is 11.3 Å². The van der Waals surface area contributed by atoms with E-state index in [1.807, 2.05) is 37.3 Å². The molecule has 3 aromatic carbocycles. The number of para-hydroxylation sites is 1. The maximum Gasteiger partial charge on any atom is 0.261 e. The molecule has 4 aromatic rings. The zero-order valence-electron chi connectivity index (χ0n) is 16.7. The van der Waals surface area contributed by atoms with Crippen molar-refractivity contribution in [2.75, 3.05) is 10.0 Å². The Bertz CT molecular complexity index is 1300. The zero-order chi connectivity index (χ0) is 21.8. The summed E-state index contributed by atoms with van der Waals surface area (Å²) in [6.07, 6.45) is 3.14. The molecule has 1 aromatic heterocycles. The topological polar surface area (TPSA) is 93.1 Å². The van der Waals surface area contributed by atoms with Crippen molar-refractivity contribution in [1.29, 1.82) is 0 Å². The highest BCUT2D eigenvalue weighted by molar-refractivity contribution is 7.92. The lowest BCUT2D eigenvalue weighted by Gasteiger charge is -2.09. The first-order chi connectivity index (χ1) is 14.9. The molecule has 0 spiro atoms. The van der Waals surface area contributed by atoms with E-state index in [1.165, 1.54) is 6.20 Å². The lowest BCUT2D eigenvalue weighted by atomic mass is 10.2. The molecule has 1 amide bonds. The van der Waals surface area contributed by atoms with Crippen molar-refractivity contribution in [2.24, 2.45) is 0 Å². The molecule has 0 radical (unpaired) electrons. The van der Waals surface area contributed by atoms with Crippen molar-refractivity contribution in [3.8, 4) is 5.69 Å². The van der Waals surface area contributed by atoms with Crippen molar-refractivity contribution in [3.05, 3.63) is 102 Å². The van der Waals surface area contributed by atoms with Crippen LogP contribution in [0.15, 0.2) is 96.2 Å². The summed E-state index contributed by atoms with van der Waals surface area (Å²) in [6, 6.07) is 22.5. The van der Waals surface area contributed by atoms with Crippen molar-refractivity contribution in [1.82, 2.24) is 9.78 Å². The van der Waals surface area contributed by atoms with Gasteiger partial charge in [0.2, 0.25) is 0 Å². The number of carbonyl (C=O) groups is 1. The van der Waals surface area contributed by atoms with Crippen molar-refractivity contribution in [2.45, 2.75) is 11.8 Å². The van der Waals surface area contributed by atoms with Crippen LogP contribution >= 0.6 is 0 Å². The Balaban J connectivity index is 1.42. The standard InChI is InChI=1S/C23H20N4O3S/c1-17-7-13-22(14-8-17)31(29,30)26-20-11-9-19(10-12-20)25-23(28)18-15-24-27(16-18)21-5-3-2-4-6-21/h2-16,26H,1H3,(H,25,28). The van der Waals surface area contributed by atoms with Crippen LogP contribution in [0.4, 0.5) is 11.4 Å². The number of hydrogen-bond acceptors (Lipinski definition) is 4. The molecule has 0 bridgehead atoms. The molecule has 0 saturated heterocycles. The van der Waals surface area contributed by atoms with Gasteiger partial charge in [0.15, 0.2) is 0 Å². The maximum absolute atomic E-state index is 12.5. The minimum Gasteiger partial charge on any atom is -0.322 e. The normalized spacial score (nSPS) is 11.1. The highest BCUT2D eigenvalue weighted by Crippen LogP contribution is 2.19. The van der Waals surface area contributed by atoms with E-state index in [0.29, 0.717) is 16.9 Å². The first-order valence-corrected chi connectivity index (χ1v) is 11.0. The summed E-state index contributed by atoms with van der Waals surface area (Å²) in [5, 5.41) is 7.00. The average Bonchev–Trinajstić information content (AvgIpc) is 3.26. The molecule has 31 heavy (non-hydrogen) atoms. The van der Waals surface area contributed by atoms with Gasteiger partial charge in [-0.1, -0.05) is 35.9 Å². The number of aryl methyl sites for hydroxylation is 1. The molecular weight excluding hydrogens is 412 g/mol. The molecule has 2 N–H and O–H groups in total. The third-order valence-electron chi connectivity index (χ3n) is 4.59. The van der Waals surface area contributed by atoms with Gasteiger partial charge in [0.1, 0.15) is 0 Å². The molecule has 0 fully saturated rings. The fourth-order valence-corrected chi connectivity index (χ4v) is 3.98. The van der Waals surface area contributed by atoms with E-state index in [2.05, 4.69) is 15.1 Å². The fraction of sp³-hybridized carbons (Fsp3) is 0.0435. The molecule has 0 aliphatic rings. The second-order valence-electron chi connectivity index (χ2n) is 6.96. The summed E-state index contributed by atoms with van der Waals surface area (Å²) in [5.74, 6) is -0.310. The van der Waals surface area contributed by atoms with Crippen molar-refractivity contribution < 1.29 is 13.2 Å².